The molecule has 2 aliphatic rings. The van der Waals surface area contributed by atoms with E-state index in [9.17, 15) is 19.2 Å². The number of pyridine rings is 1. The van der Waals surface area contributed by atoms with E-state index in [4.69, 9.17) is 9.47 Å². The minimum atomic E-state index is -0.592. The lowest BCUT2D eigenvalue weighted by atomic mass is 10.1. The van der Waals surface area contributed by atoms with Crippen LogP contribution in [0.4, 0.5) is 0 Å². The van der Waals surface area contributed by atoms with Gasteiger partial charge in [0.1, 0.15) is 17.9 Å². The molecule has 0 bridgehead atoms. The number of amides is 2. The van der Waals surface area contributed by atoms with Crippen LogP contribution in [0.15, 0.2) is 40.3 Å². The molecule has 1 unspecified atom stereocenters. The van der Waals surface area contributed by atoms with E-state index in [1.165, 1.54) is 29.1 Å². The third-order valence-electron chi connectivity index (χ3n) is 6.18. The zero-order valence-corrected chi connectivity index (χ0v) is 19.8. The number of hydrogen-bond donors (Lipinski definition) is 0. The van der Waals surface area contributed by atoms with E-state index in [0.29, 0.717) is 31.9 Å². The molecule has 0 radical (unpaired) electrons. The fourth-order valence-corrected chi connectivity index (χ4v) is 5.12. The van der Waals surface area contributed by atoms with E-state index in [2.05, 4.69) is 6.58 Å². The van der Waals surface area contributed by atoms with E-state index in [-0.39, 0.29) is 54.7 Å². The zero-order valence-electron chi connectivity index (χ0n) is 19.0. The van der Waals surface area contributed by atoms with Gasteiger partial charge < -0.3 is 23.8 Å². The minimum absolute atomic E-state index is 0.0621. The molecule has 0 aliphatic carbocycles. The highest BCUT2D eigenvalue weighted by molar-refractivity contribution is 7.07. The van der Waals surface area contributed by atoms with Crippen LogP contribution < -0.4 is 10.3 Å². The summed E-state index contributed by atoms with van der Waals surface area (Å²) in [6.45, 7) is 5.53. The molecule has 4 heterocycles. The predicted octanol–water partition coefficient (Wildman–Crippen LogP) is 1.69. The molecule has 180 valence electrons. The number of carbonyl (C=O) groups is 3. The van der Waals surface area contributed by atoms with Gasteiger partial charge in [0.2, 0.25) is 11.8 Å². The average molecular weight is 486 g/mol. The fraction of sp³-hybridized carbons (Fsp3) is 0.417. The minimum Gasteiger partial charge on any atom is -0.488 e. The van der Waals surface area contributed by atoms with E-state index >= 15 is 0 Å². The maximum Gasteiger partial charge on any atom is 0.343 e. The van der Waals surface area contributed by atoms with Crippen LogP contribution in [-0.4, -0.2) is 65.4 Å². The van der Waals surface area contributed by atoms with Crippen molar-refractivity contribution in [3.05, 3.63) is 62.7 Å². The summed E-state index contributed by atoms with van der Waals surface area (Å²) in [5.41, 5.74) is 1.33. The largest absolute Gasteiger partial charge is 0.488 e. The Morgan fingerprint density at radius 3 is 2.79 bits per heavy atom. The molecule has 9 nitrogen and oxygen atoms in total. The molecule has 1 atom stereocenters. The number of likely N-dealkylation sites (tertiary alicyclic amines) is 1. The number of fused-ring (bicyclic) bond motifs is 1. The van der Waals surface area contributed by atoms with Crippen LogP contribution in [0.5, 0.6) is 5.75 Å². The molecule has 0 aromatic carbocycles. The molecule has 0 saturated carbocycles. The van der Waals surface area contributed by atoms with Gasteiger partial charge in [-0.2, -0.15) is 11.3 Å². The van der Waals surface area contributed by atoms with Crippen LogP contribution in [0.25, 0.3) is 0 Å². The van der Waals surface area contributed by atoms with Gasteiger partial charge in [-0.3, -0.25) is 14.4 Å². The Kier molecular flexibility index (Phi) is 7.16. The summed E-state index contributed by atoms with van der Waals surface area (Å²) >= 11 is 1.53. The average Bonchev–Trinajstić information content (AvgIpc) is 3.41. The van der Waals surface area contributed by atoms with Crippen molar-refractivity contribution >= 4 is 29.1 Å². The predicted molar refractivity (Wildman–Crippen MR) is 126 cm³/mol. The number of rotatable bonds is 7. The molecule has 2 amide bonds. The monoisotopic (exact) mass is 485 g/mol. The first-order valence-electron chi connectivity index (χ1n) is 11.1. The fourth-order valence-electron chi connectivity index (χ4n) is 4.47. The second-order valence-corrected chi connectivity index (χ2v) is 9.08. The number of esters is 1. The van der Waals surface area contributed by atoms with Crippen molar-refractivity contribution in [2.75, 3.05) is 33.3 Å². The Balaban J connectivity index is 1.56. The number of ether oxygens (including phenoxy) is 2. The van der Waals surface area contributed by atoms with Crippen LogP contribution in [0.3, 0.4) is 0 Å². The molecular formula is C24H27N3O6S. The second kappa shape index (κ2) is 10.3. The Morgan fingerprint density at radius 1 is 1.26 bits per heavy atom. The maximum absolute atomic E-state index is 13.2. The molecule has 2 aromatic rings. The normalized spacial score (nSPS) is 17.8. The molecule has 0 N–H and O–H groups in total. The lowest BCUT2D eigenvalue weighted by Gasteiger charge is -2.23. The summed E-state index contributed by atoms with van der Waals surface area (Å²) in [7, 11) is 1.28. The SMILES string of the molecule is C=CCN1CC(C(=O)N2CCc3c(C(=O)OC)c(OCc4ccsc4)cc(=O)n3CC2)CC1=O. The van der Waals surface area contributed by atoms with E-state index in [1.807, 2.05) is 16.8 Å². The first-order valence-corrected chi connectivity index (χ1v) is 12.0. The molecule has 2 aliphatic heterocycles. The van der Waals surface area contributed by atoms with E-state index in [0.717, 1.165) is 5.56 Å². The van der Waals surface area contributed by atoms with Crippen LogP contribution in [0.1, 0.15) is 28.0 Å². The second-order valence-electron chi connectivity index (χ2n) is 8.30. The van der Waals surface area contributed by atoms with Crippen molar-refractivity contribution in [1.29, 1.82) is 0 Å². The van der Waals surface area contributed by atoms with Gasteiger partial charge in [-0.25, -0.2) is 4.79 Å². The van der Waals surface area contributed by atoms with E-state index in [1.54, 1.807) is 15.9 Å². The Morgan fingerprint density at radius 2 is 2.09 bits per heavy atom. The van der Waals surface area contributed by atoms with Gasteiger partial charge in [0.25, 0.3) is 5.56 Å². The Hall–Kier alpha value is -3.40. The highest BCUT2D eigenvalue weighted by Gasteiger charge is 2.37. The van der Waals surface area contributed by atoms with Gasteiger partial charge in [-0.05, 0) is 22.4 Å². The molecule has 10 heteroatoms. The molecule has 2 aromatic heterocycles. The van der Waals surface area contributed by atoms with Gasteiger partial charge in [0.05, 0.1) is 13.0 Å². The summed E-state index contributed by atoms with van der Waals surface area (Å²) in [4.78, 5) is 54.3. The third kappa shape index (κ3) is 4.77. The summed E-state index contributed by atoms with van der Waals surface area (Å²) < 4.78 is 12.4. The van der Waals surface area contributed by atoms with Crippen molar-refractivity contribution in [1.82, 2.24) is 14.4 Å². The van der Waals surface area contributed by atoms with Crippen LogP contribution in [0.2, 0.25) is 0 Å². The first-order chi connectivity index (χ1) is 16.4. The summed E-state index contributed by atoms with van der Waals surface area (Å²) in [5.74, 6) is -1.02. The number of hydrogen-bond acceptors (Lipinski definition) is 7. The van der Waals surface area contributed by atoms with Gasteiger partial charge in [-0.1, -0.05) is 6.08 Å². The standard InChI is InChI=1S/C24H27N3O6S/c1-3-6-26-13-17(11-20(26)28)23(30)25-7-4-18-22(24(31)32-2)19(12-21(29)27(18)9-8-25)33-14-16-5-10-34-15-16/h3,5,10,12,15,17H,1,4,6-9,11,13-14H2,2H3. The van der Waals surface area contributed by atoms with Gasteiger partial charge >= 0.3 is 5.97 Å². The molecule has 34 heavy (non-hydrogen) atoms. The molecule has 1 saturated heterocycles. The zero-order chi connectivity index (χ0) is 24.2. The highest BCUT2D eigenvalue weighted by Crippen LogP contribution is 2.26. The quantitative estimate of drug-likeness (QED) is 0.437. The molecule has 4 rings (SSSR count). The van der Waals surface area contributed by atoms with Crippen molar-refractivity contribution in [3.8, 4) is 5.75 Å². The number of thiophene rings is 1. The maximum atomic E-state index is 13.2. The lowest BCUT2D eigenvalue weighted by molar-refractivity contribution is -0.135. The smallest absolute Gasteiger partial charge is 0.343 e. The number of aromatic nitrogens is 1. The Labute approximate surface area is 201 Å². The number of carbonyl (C=O) groups excluding carboxylic acids is 3. The third-order valence-corrected chi connectivity index (χ3v) is 6.91. The first kappa shape index (κ1) is 23.7. The highest BCUT2D eigenvalue weighted by atomic mass is 32.1. The van der Waals surface area contributed by atoms with Crippen molar-refractivity contribution in [2.45, 2.75) is 26.0 Å². The van der Waals surface area contributed by atoms with Crippen molar-refractivity contribution in [3.63, 3.8) is 0 Å². The van der Waals surface area contributed by atoms with E-state index < -0.39 is 11.9 Å². The molecule has 0 spiro atoms. The van der Waals surface area contributed by atoms with Crippen molar-refractivity contribution < 1.29 is 23.9 Å². The molecule has 1 fully saturated rings. The van der Waals surface area contributed by atoms with Crippen molar-refractivity contribution in [2.24, 2.45) is 5.92 Å². The van der Waals surface area contributed by atoms with Gasteiger partial charge in [0, 0.05) is 57.3 Å². The number of nitrogens with zero attached hydrogens (tertiary/aromatic N) is 3. The van der Waals surface area contributed by atoms with Gasteiger partial charge in [0.15, 0.2) is 0 Å². The van der Waals surface area contributed by atoms with Crippen LogP contribution in [0, 0.1) is 5.92 Å². The topological polar surface area (TPSA) is 98.2 Å². The summed E-state index contributed by atoms with van der Waals surface area (Å²) in [5, 5.41) is 3.85. The molecular weight excluding hydrogens is 458 g/mol. The van der Waals surface area contributed by atoms with Gasteiger partial charge in [-0.15, -0.1) is 6.58 Å². The number of methoxy groups -OCH3 is 1. The summed E-state index contributed by atoms with van der Waals surface area (Å²) in [6, 6.07) is 3.22. The Bertz CT molecular complexity index is 1160. The summed E-state index contributed by atoms with van der Waals surface area (Å²) in [6.07, 6.45) is 2.11. The van der Waals surface area contributed by atoms with Crippen LogP contribution >= 0.6 is 11.3 Å². The van der Waals surface area contributed by atoms with Crippen LogP contribution in [-0.2, 0) is 33.9 Å². The lowest BCUT2D eigenvalue weighted by Crippen LogP contribution is -2.39.